The molecule has 0 unspecified atom stereocenters. The van der Waals surface area contributed by atoms with Gasteiger partial charge in [0.05, 0.1) is 0 Å². The fourth-order valence-corrected chi connectivity index (χ4v) is 4.86. The minimum atomic E-state index is 0.0466. The van der Waals surface area contributed by atoms with Gasteiger partial charge in [0.15, 0.2) is 0 Å². The highest BCUT2D eigenvalue weighted by atomic mass is 16.5. The van der Waals surface area contributed by atoms with Crippen LogP contribution in [0.1, 0.15) is 51.9 Å². The summed E-state index contributed by atoms with van der Waals surface area (Å²) in [5, 5.41) is 3.24. The lowest BCUT2D eigenvalue weighted by Crippen LogP contribution is -2.51. The molecule has 0 aliphatic carbocycles. The van der Waals surface area contributed by atoms with E-state index >= 15 is 0 Å². The summed E-state index contributed by atoms with van der Waals surface area (Å²) in [6, 6.07) is 0.677. The molecular formula is C20H35N3O3. The van der Waals surface area contributed by atoms with Crippen molar-refractivity contribution in [1.29, 1.82) is 0 Å². The van der Waals surface area contributed by atoms with Crippen LogP contribution in [0.5, 0.6) is 0 Å². The fraction of sp³-hybridized carbons (Fsp3) is 0.900. The molecule has 3 heterocycles. The lowest BCUT2D eigenvalue weighted by atomic mass is 9.83. The topological polar surface area (TPSA) is 61.9 Å². The van der Waals surface area contributed by atoms with Crippen LogP contribution < -0.4 is 5.32 Å². The van der Waals surface area contributed by atoms with Crippen LogP contribution in [0.25, 0.3) is 0 Å². The van der Waals surface area contributed by atoms with Crippen LogP contribution in [-0.2, 0) is 14.3 Å². The maximum absolute atomic E-state index is 12.6. The van der Waals surface area contributed by atoms with Crippen molar-refractivity contribution in [3.05, 3.63) is 0 Å². The zero-order chi connectivity index (χ0) is 18.4. The number of piperidine rings is 3. The van der Waals surface area contributed by atoms with E-state index in [1.54, 1.807) is 0 Å². The number of amides is 2. The number of nitrogens with one attached hydrogen (secondary N) is 1. The molecule has 6 heteroatoms. The van der Waals surface area contributed by atoms with Crippen molar-refractivity contribution in [3.8, 4) is 0 Å². The van der Waals surface area contributed by atoms with E-state index in [1.165, 1.54) is 45.2 Å². The van der Waals surface area contributed by atoms with E-state index in [4.69, 9.17) is 4.74 Å². The lowest BCUT2D eigenvalue weighted by Gasteiger charge is -2.44. The average Bonchev–Trinajstić information content (AvgIpc) is 2.70. The molecule has 3 aliphatic heterocycles. The van der Waals surface area contributed by atoms with Crippen LogP contribution in [0.3, 0.4) is 0 Å². The zero-order valence-electron chi connectivity index (χ0n) is 16.3. The Kier molecular flexibility index (Phi) is 7.32. The van der Waals surface area contributed by atoms with E-state index in [9.17, 15) is 9.59 Å². The fourth-order valence-electron chi connectivity index (χ4n) is 4.86. The monoisotopic (exact) mass is 365 g/mol. The van der Waals surface area contributed by atoms with Crippen LogP contribution >= 0.6 is 0 Å². The van der Waals surface area contributed by atoms with Gasteiger partial charge in [-0.1, -0.05) is 6.42 Å². The molecule has 3 fully saturated rings. The van der Waals surface area contributed by atoms with Gasteiger partial charge in [0, 0.05) is 38.2 Å². The van der Waals surface area contributed by atoms with Crippen molar-refractivity contribution < 1.29 is 14.3 Å². The predicted octanol–water partition coefficient (Wildman–Crippen LogP) is 1.64. The molecule has 0 radical (unpaired) electrons. The first-order valence-corrected chi connectivity index (χ1v) is 10.6. The molecule has 0 bridgehead atoms. The van der Waals surface area contributed by atoms with Gasteiger partial charge in [0.25, 0.3) is 0 Å². The second-order valence-electron chi connectivity index (χ2n) is 8.04. The van der Waals surface area contributed by atoms with E-state index in [2.05, 4.69) is 10.2 Å². The number of fused-ring (bicyclic) bond motifs is 1. The highest BCUT2D eigenvalue weighted by molar-refractivity contribution is 5.80. The third kappa shape index (κ3) is 4.97. The summed E-state index contributed by atoms with van der Waals surface area (Å²) in [4.78, 5) is 29.1. The first-order chi connectivity index (χ1) is 12.7. The number of rotatable bonds is 6. The van der Waals surface area contributed by atoms with Crippen molar-refractivity contribution >= 4 is 11.8 Å². The second kappa shape index (κ2) is 9.70. The SMILES string of the molecule is CCOCC(=O)N1CCC(C(=O)NC[C@@H]2CCCN3CCCC[C@H]23)CC1. The molecule has 0 saturated carbocycles. The Morgan fingerprint density at radius 1 is 1.00 bits per heavy atom. The van der Waals surface area contributed by atoms with Gasteiger partial charge < -0.3 is 19.9 Å². The summed E-state index contributed by atoms with van der Waals surface area (Å²) in [5.74, 6) is 0.901. The highest BCUT2D eigenvalue weighted by Gasteiger charge is 2.34. The molecule has 6 nitrogen and oxygen atoms in total. The van der Waals surface area contributed by atoms with Crippen molar-refractivity contribution in [2.24, 2.45) is 11.8 Å². The third-order valence-corrected chi connectivity index (χ3v) is 6.42. The highest BCUT2D eigenvalue weighted by Crippen LogP contribution is 2.30. The minimum Gasteiger partial charge on any atom is -0.372 e. The molecule has 3 aliphatic rings. The van der Waals surface area contributed by atoms with Gasteiger partial charge in [-0.3, -0.25) is 9.59 Å². The maximum atomic E-state index is 12.6. The molecule has 1 N–H and O–H groups in total. The molecule has 3 rings (SSSR count). The van der Waals surface area contributed by atoms with Crippen LogP contribution in [0.15, 0.2) is 0 Å². The molecule has 3 saturated heterocycles. The molecule has 2 amide bonds. The van der Waals surface area contributed by atoms with Gasteiger partial charge >= 0.3 is 0 Å². The molecule has 0 spiro atoms. The number of ether oxygens (including phenoxy) is 1. The van der Waals surface area contributed by atoms with Gasteiger partial charge in [0.2, 0.25) is 11.8 Å². The Bertz CT molecular complexity index is 475. The summed E-state index contributed by atoms with van der Waals surface area (Å²) in [6.07, 6.45) is 7.99. The average molecular weight is 366 g/mol. The molecule has 2 atom stereocenters. The Morgan fingerprint density at radius 3 is 2.54 bits per heavy atom. The van der Waals surface area contributed by atoms with Crippen LogP contribution in [-0.4, -0.2) is 73.6 Å². The molecular weight excluding hydrogens is 330 g/mol. The number of nitrogens with zero attached hydrogens (tertiary/aromatic N) is 2. The van der Waals surface area contributed by atoms with Crippen molar-refractivity contribution in [2.75, 3.05) is 45.9 Å². The Labute approximate surface area is 157 Å². The lowest BCUT2D eigenvalue weighted by molar-refractivity contribution is -0.139. The van der Waals surface area contributed by atoms with E-state index in [-0.39, 0.29) is 24.3 Å². The van der Waals surface area contributed by atoms with Crippen molar-refractivity contribution in [1.82, 2.24) is 15.1 Å². The standard InChI is InChI=1S/C20H35N3O3/c1-2-26-15-19(24)23-12-8-16(9-13-23)20(25)21-14-17-6-5-11-22-10-4-3-7-18(17)22/h16-18H,2-15H2,1H3,(H,21,25)/t17-,18+/m0/s1. The molecule has 0 aromatic rings. The van der Waals surface area contributed by atoms with Crippen molar-refractivity contribution in [2.45, 2.75) is 57.9 Å². The Morgan fingerprint density at radius 2 is 1.77 bits per heavy atom. The summed E-state index contributed by atoms with van der Waals surface area (Å²) in [7, 11) is 0. The van der Waals surface area contributed by atoms with Crippen molar-refractivity contribution in [3.63, 3.8) is 0 Å². The van der Waals surface area contributed by atoms with Gasteiger partial charge in [-0.05, 0) is 64.5 Å². The molecule has 26 heavy (non-hydrogen) atoms. The second-order valence-corrected chi connectivity index (χ2v) is 8.04. The number of carbonyl (C=O) groups excluding carboxylic acids is 2. The Hall–Kier alpha value is -1.14. The smallest absolute Gasteiger partial charge is 0.248 e. The normalized spacial score (nSPS) is 27.8. The number of hydrogen-bond donors (Lipinski definition) is 1. The van der Waals surface area contributed by atoms with E-state index in [1.807, 2.05) is 11.8 Å². The molecule has 148 valence electrons. The maximum Gasteiger partial charge on any atom is 0.248 e. The molecule has 0 aromatic heterocycles. The minimum absolute atomic E-state index is 0.0466. The first kappa shape index (κ1) is 19.6. The van der Waals surface area contributed by atoms with E-state index in [0.29, 0.717) is 31.7 Å². The molecule has 0 aromatic carbocycles. The number of likely N-dealkylation sites (tertiary alicyclic amines) is 1. The largest absolute Gasteiger partial charge is 0.372 e. The van der Waals surface area contributed by atoms with Gasteiger partial charge in [-0.25, -0.2) is 0 Å². The van der Waals surface area contributed by atoms with Gasteiger partial charge in [0.1, 0.15) is 6.61 Å². The summed E-state index contributed by atoms with van der Waals surface area (Å²) in [6.45, 7) is 7.25. The zero-order valence-corrected chi connectivity index (χ0v) is 16.3. The number of carbonyl (C=O) groups is 2. The quantitative estimate of drug-likeness (QED) is 0.777. The summed E-state index contributed by atoms with van der Waals surface area (Å²) >= 11 is 0. The van der Waals surface area contributed by atoms with Crippen LogP contribution in [0.4, 0.5) is 0 Å². The summed E-state index contributed by atoms with van der Waals surface area (Å²) in [5.41, 5.74) is 0. The number of hydrogen-bond acceptors (Lipinski definition) is 4. The summed E-state index contributed by atoms with van der Waals surface area (Å²) < 4.78 is 5.20. The van der Waals surface area contributed by atoms with Gasteiger partial charge in [-0.2, -0.15) is 0 Å². The van der Waals surface area contributed by atoms with Crippen LogP contribution in [0, 0.1) is 11.8 Å². The first-order valence-electron chi connectivity index (χ1n) is 10.6. The third-order valence-electron chi connectivity index (χ3n) is 6.42. The van der Waals surface area contributed by atoms with E-state index < -0.39 is 0 Å². The predicted molar refractivity (Wildman–Crippen MR) is 101 cm³/mol. The van der Waals surface area contributed by atoms with E-state index in [0.717, 1.165) is 19.4 Å². The van der Waals surface area contributed by atoms with Gasteiger partial charge in [-0.15, -0.1) is 0 Å². The Balaban J connectivity index is 1.39. The van der Waals surface area contributed by atoms with Crippen LogP contribution in [0.2, 0.25) is 0 Å².